The van der Waals surface area contributed by atoms with Crippen LogP contribution in [0, 0.1) is 0 Å². The van der Waals surface area contributed by atoms with Crippen LogP contribution in [0.1, 0.15) is 31.2 Å². The van der Waals surface area contributed by atoms with Gasteiger partial charge in [-0.3, -0.25) is 4.55 Å². The van der Waals surface area contributed by atoms with Crippen LogP contribution in [-0.2, 0) is 14.9 Å². The number of anilines is 1. The van der Waals surface area contributed by atoms with Gasteiger partial charge in [-0.05, 0) is 29.7 Å². The molecule has 20 heavy (non-hydrogen) atoms. The fourth-order valence-corrected chi connectivity index (χ4v) is 4.67. The molecular formula is C15H17NO3S. The average Bonchev–Trinajstić information content (AvgIpc) is 2.88. The molecule has 0 spiro atoms. The molecule has 0 bridgehead atoms. The first kappa shape index (κ1) is 13.4. The lowest BCUT2D eigenvalue weighted by Crippen LogP contribution is -2.33. The molecule has 1 saturated carbocycles. The second-order valence-electron chi connectivity index (χ2n) is 5.43. The van der Waals surface area contributed by atoms with E-state index in [1.165, 1.54) is 0 Å². The summed E-state index contributed by atoms with van der Waals surface area (Å²) in [5.41, 5.74) is 7.07. The van der Waals surface area contributed by atoms with Gasteiger partial charge in [-0.2, -0.15) is 8.42 Å². The van der Waals surface area contributed by atoms with Gasteiger partial charge in [0.2, 0.25) is 0 Å². The van der Waals surface area contributed by atoms with Crippen LogP contribution in [0.2, 0.25) is 0 Å². The molecule has 0 unspecified atom stereocenters. The first-order valence-corrected chi connectivity index (χ1v) is 8.14. The molecule has 1 aliphatic carbocycles. The van der Waals surface area contributed by atoms with Crippen LogP contribution >= 0.6 is 0 Å². The van der Waals surface area contributed by atoms with Crippen LogP contribution in [-0.4, -0.2) is 13.0 Å². The normalized spacial score (nSPS) is 18.4. The highest BCUT2D eigenvalue weighted by atomic mass is 32.2. The van der Waals surface area contributed by atoms with Crippen molar-refractivity contribution in [3.8, 4) is 0 Å². The van der Waals surface area contributed by atoms with E-state index in [0.717, 1.165) is 23.6 Å². The maximum atomic E-state index is 12.1. The molecule has 4 nitrogen and oxygen atoms in total. The minimum atomic E-state index is -4.21. The van der Waals surface area contributed by atoms with E-state index in [0.29, 0.717) is 24.1 Å². The summed E-state index contributed by atoms with van der Waals surface area (Å²) in [7, 11) is -4.21. The third kappa shape index (κ3) is 1.81. The van der Waals surface area contributed by atoms with Crippen LogP contribution in [0.15, 0.2) is 36.4 Å². The van der Waals surface area contributed by atoms with Gasteiger partial charge >= 0.3 is 0 Å². The summed E-state index contributed by atoms with van der Waals surface area (Å²) in [5.74, 6) is 0. The molecular weight excluding hydrogens is 274 g/mol. The van der Waals surface area contributed by atoms with E-state index >= 15 is 0 Å². The third-order valence-electron chi connectivity index (χ3n) is 4.32. The Balaban J connectivity index is 2.41. The minimum absolute atomic E-state index is 0.421. The van der Waals surface area contributed by atoms with Gasteiger partial charge in [-0.25, -0.2) is 0 Å². The smallest absolute Gasteiger partial charge is 0.275 e. The Labute approximate surface area is 118 Å². The number of hydrogen-bond donors (Lipinski definition) is 2. The van der Waals surface area contributed by atoms with Crippen molar-refractivity contribution >= 4 is 26.6 Å². The first-order valence-electron chi connectivity index (χ1n) is 6.70. The van der Waals surface area contributed by atoms with Gasteiger partial charge in [0.05, 0.1) is 0 Å². The molecule has 3 rings (SSSR count). The van der Waals surface area contributed by atoms with E-state index < -0.39 is 14.9 Å². The van der Waals surface area contributed by atoms with Gasteiger partial charge < -0.3 is 5.73 Å². The predicted octanol–water partition coefficient (Wildman–Crippen LogP) is 3.08. The summed E-state index contributed by atoms with van der Waals surface area (Å²) in [4.78, 5) is 0. The van der Waals surface area contributed by atoms with Crippen molar-refractivity contribution in [2.75, 3.05) is 5.73 Å². The molecule has 0 atom stereocenters. The van der Waals surface area contributed by atoms with Crippen LogP contribution in [0.5, 0.6) is 0 Å². The summed E-state index contributed by atoms with van der Waals surface area (Å²) in [6, 6.07) is 11.1. The zero-order chi connectivity index (χ0) is 14.4. The van der Waals surface area contributed by atoms with Crippen molar-refractivity contribution in [2.24, 2.45) is 0 Å². The topological polar surface area (TPSA) is 80.4 Å². The first-order chi connectivity index (χ1) is 9.46. The molecule has 1 fully saturated rings. The Morgan fingerprint density at radius 3 is 2.35 bits per heavy atom. The van der Waals surface area contributed by atoms with Gasteiger partial charge in [0.1, 0.15) is 4.75 Å². The second-order valence-corrected chi connectivity index (χ2v) is 7.16. The maximum absolute atomic E-state index is 12.1. The van der Waals surface area contributed by atoms with Crippen molar-refractivity contribution < 1.29 is 13.0 Å². The lowest BCUT2D eigenvalue weighted by atomic mass is 9.90. The van der Waals surface area contributed by atoms with Crippen LogP contribution < -0.4 is 5.73 Å². The Hall–Kier alpha value is -1.59. The molecule has 5 heteroatoms. The highest BCUT2D eigenvalue weighted by Gasteiger charge is 2.48. The highest BCUT2D eigenvalue weighted by Crippen LogP contribution is 2.49. The predicted molar refractivity (Wildman–Crippen MR) is 80.1 cm³/mol. The van der Waals surface area contributed by atoms with Gasteiger partial charge in [0.15, 0.2) is 0 Å². The minimum Gasteiger partial charge on any atom is -0.398 e. The molecule has 3 N–H and O–H groups in total. The van der Waals surface area contributed by atoms with Gasteiger partial charge in [0.25, 0.3) is 10.1 Å². The Bertz CT molecular complexity index is 762. The fourth-order valence-electron chi connectivity index (χ4n) is 3.38. The van der Waals surface area contributed by atoms with E-state index in [1.807, 2.05) is 30.3 Å². The molecule has 2 aromatic rings. The zero-order valence-corrected chi connectivity index (χ0v) is 11.9. The molecule has 0 aromatic heterocycles. The molecule has 0 amide bonds. The van der Waals surface area contributed by atoms with E-state index in [-0.39, 0.29) is 0 Å². The van der Waals surface area contributed by atoms with E-state index in [4.69, 9.17) is 5.73 Å². The van der Waals surface area contributed by atoms with Crippen molar-refractivity contribution in [3.05, 3.63) is 42.0 Å². The maximum Gasteiger partial charge on any atom is 0.275 e. The van der Waals surface area contributed by atoms with Crippen molar-refractivity contribution in [3.63, 3.8) is 0 Å². The molecule has 0 radical (unpaired) electrons. The monoisotopic (exact) mass is 291 g/mol. The number of rotatable bonds is 2. The molecule has 0 heterocycles. The second kappa shape index (κ2) is 4.46. The zero-order valence-electron chi connectivity index (χ0n) is 11.0. The average molecular weight is 291 g/mol. The molecule has 0 saturated heterocycles. The fraction of sp³-hybridized carbons (Fsp3) is 0.333. The number of benzene rings is 2. The largest absolute Gasteiger partial charge is 0.398 e. The molecule has 1 aliphatic rings. The SMILES string of the molecule is Nc1ccc2ccccc2c1C1(S(=O)(=O)O)CCCC1. The van der Waals surface area contributed by atoms with E-state index in [1.54, 1.807) is 6.07 Å². The van der Waals surface area contributed by atoms with Crippen molar-refractivity contribution in [1.29, 1.82) is 0 Å². The van der Waals surface area contributed by atoms with Crippen LogP contribution in [0.25, 0.3) is 10.8 Å². The highest BCUT2D eigenvalue weighted by molar-refractivity contribution is 7.86. The van der Waals surface area contributed by atoms with Gasteiger partial charge in [0, 0.05) is 11.3 Å². The molecule has 0 aliphatic heterocycles. The Kier molecular flexibility index (Phi) is 2.99. The van der Waals surface area contributed by atoms with E-state index in [9.17, 15) is 13.0 Å². The lowest BCUT2D eigenvalue weighted by Gasteiger charge is -2.28. The summed E-state index contributed by atoms with van der Waals surface area (Å²) in [5, 5.41) is 1.75. The Morgan fingerprint density at radius 1 is 1.05 bits per heavy atom. The molecule has 2 aromatic carbocycles. The van der Waals surface area contributed by atoms with Crippen molar-refractivity contribution in [2.45, 2.75) is 30.4 Å². The number of hydrogen-bond acceptors (Lipinski definition) is 3. The number of fused-ring (bicyclic) bond motifs is 1. The van der Waals surface area contributed by atoms with Gasteiger partial charge in [-0.1, -0.05) is 43.2 Å². The summed E-state index contributed by atoms with van der Waals surface area (Å²) in [6.07, 6.45) is 2.40. The third-order valence-corrected chi connectivity index (χ3v) is 5.92. The number of nitrogens with two attached hydrogens (primary N) is 1. The quantitative estimate of drug-likeness (QED) is 0.658. The van der Waals surface area contributed by atoms with Crippen LogP contribution in [0.3, 0.4) is 0 Å². The summed E-state index contributed by atoms with van der Waals surface area (Å²) in [6.45, 7) is 0. The standard InChI is InChI=1S/C15H17NO3S/c16-13-8-7-11-5-1-2-6-12(11)14(13)15(20(17,18)19)9-3-4-10-15/h1-2,5-8H,3-4,9-10,16H2,(H,17,18,19). The van der Waals surface area contributed by atoms with Crippen molar-refractivity contribution in [1.82, 2.24) is 0 Å². The van der Waals surface area contributed by atoms with Crippen LogP contribution in [0.4, 0.5) is 5.69 Å². The lowest BCUT2D eigenvalue weighted by molar-refractivity contribution is 0.428. The van der Waals surface area contributed by atoms with Gasteiger partial charge in [-0.15, -0.1) is 0 Å². The Morgan fingerprint density at radius 2 is 1.70 bits per heavy atom. The molecule has 106 valence electrons. The summed E-state index contributed by atoms with van der Waals surface area (Å²) >= 11 is 0. The van der Waals surface area contributed by atoms with E-state index in [2.05, 4.69) is 0 Å². The number of nitrogen functional groups attached to an aromatic ring is 1. The summed E-state index contributed by atoms with van der Waals surface area (Å²) < 4.78 is 32.7.